The SMILES string of the molecule is CCCCOc1ccc(C(=O)NCC(=O)OC(C)C(=O)NCc2ccc(F)cc2)cc1. The van der Waals surface area contributed by atoms with Crippen LogP contribution in [0.4, 0.5) is 4.39 Å². The molecule has 0 radical (unpaired) electrons. The third kappa shape index (κ3) is 8.46. The van der Waals surface area contributed by atoms with Gasteiger partial charge in [-0.25, -0.2) is 4.39 Å². The highest BCUT2D eigenvalue weighted by molar-refractivity contribution is 5.96. The van der Waals surface area contributed by atoms with Gasteiger partial charge in [0.25, 0.3) is 11.8 Å². The monoisotopic (exact) mass is 430 g/mol. The van der Waals surface area contributed by atoms with Crippen molar-refractivity contribution in [2.75, 3.05) is 13.2 Å². The number of amides is 2. The van der Waals surface area contributed by atoms with E-state index in [1.165, 1.54) is 19.1 Å². The maximum atomic E-state index is 12.9. The average Bonchev–Trinajstić information content (AvgIpc) is 2.77. The number of esters is 1. The standard InChI is InChI=1S/C23H27FN2O5/c1-3-4-13-30-20-11-7-18(8-12-20)23(29)26-15-21(27)31-16(2)22(28)25-14-17-5-9-19(24)10-6-17/h5-12,16H,3-4,13-15H2,1-2H3,(H,25,28)(H,26,29). The zero-order valence-corrected chi connectivity index (χ0v) is 17.7. The van der Waals surface area contributed by atoms with Gasteiger partial charge in [-0.3, -0.25) is 14.4 Å². The Labute approximate surface area is 180 Å². The minimum atomic E-state index is -1.04. The van der Waals surface area contributed by atoms with E-state index in [2.05, 4.69) is 17.6 Å². The first-order valence-corrected chi connectivity index (χ1v) is 10.1. The molecular weight excluding hydrogens is 403 g/mol. The number of nitrogens with one attached hydrogen (secondary N) is 2. The van der Waals surface area contributed by atoms with E-state index in [-0.39, 0.29) is 18.9 Å². The van der Waals surface area contributed by atoms with Crippen LogP contribution in [-0.4, -0.2) is 37.0 Å². The van der Waals surface area contributed by atoms with Gasteiger partial charge >= 0.3 is 5.97 Å². The molecule has 0 saturated carbocycles. The number of carbonyl (C=O) groups excluding carboxylic acids is 3. The van der Waals surface area contributed by atoms with Crippen LogP contribution in [0.1, 0.15) is 42.6 Å². The van der Waals surface area contributed by atoms with E-state index in [0.29, 0.717) is 23.5 Å². The lowest BCUT2D eigenvalue weighted by atomic mass is 10.2. The number of benzene rings is 2. The number of rotatable bonds is 11. The average molecular weight is 430 g/mol. The summed E-state index contributed by atoms with van der Waals surface area (Å²) in [6.45, 7) is 3.92. The van der Waals surface area contributed by atoms with E-state index < -0.39 is 23.9 Å². The molecule has 2 amide bonds. The molecule has 0 heterocycles. The number of hydrogen-bond acceptors (Lipinski definition) is 5. The third-order valence-electron chi connectivity index (χ3n) is 4.33. The Hall–Kier alpha value is -3.42. The molecule has 0 aliphatic rings. The number of hydrogen-bond donors (Lipinski definition) is 2. The minimum Gasteiger partial charge on any atom is -0.494 e. The summed E-state index contributed by atoms with van der Waals surface area (Å²) in [5.41, 5.74) is 1.09. The molecule has 0 aromatic heterocycles. The second-order valence-corrected chi connectivity index (χ2v) is 6.89. The first-order valence-electron chi connectivity index (χ1n) is 10.1. The molecule has 2 rings (SSSR count). The molecule has 2 aromatic carbocycles. The molecule has 8 heteroatoms. The van der Waals surface area contributed by atoms with Gasteiger partial charge in [0.1, 0.15) is 18.1 Å². The highest BCUT2D eigenvalue weighted by atomic mass is 19.1. The molecular formula is C23H27FN2O5. The topological polar surface area (TPSA) is 93.7 Å². The fourth-order valence-corrected chi connectivity index (χ4v) is 2.52. The summed E-state index contributed by atoms with van der Waals surface area (Å²) in [5, 5.41) is 5.06. The van der Waals surface area contributed by atoms with Crippen LogP contribution >= 0.6 is 0 Å². The van der Waals surface area contributed by atoms with E-state index >= 15 is 0 Å². The van der Waals surface area contributed by atoms with Crippen molar-refractivity contribution in [3.63, 3.8) is 0 Å². The smallest absolute Gasteiger partial charge is 0.326 e. The number of unbranched alkanes of at least 4 members (excludes halogenated alkanes) is 1. The molecule has 2 aromatic rings. The molecule has 31 heavy (non-hydrogen) atoms. The first kappa shape index (κ1) is 23.9. The largest absolute Gasteiger partial charge is 0.494 e. The molecule has 0 spiro atoms. The lowest BCUT2D eigenvalue weighted by Crippen LogP contribution is -2.38. The lowest BCUT2D eigenvalue weighted by molar-refractivity contribution is -0.153. The van der Waals surface area contributed by atoms with Gasteiger partial charge < -0.3 is 20.1 Å². The minimum absolute atomic E-state index is 0.176. The van der Waals surface area contributed by atoms with Crippen molar-refractivity contribution < 1.29 is 28.2 Å². The van der Waals surface area contributed by atoms with Gasteiger partial charge in [-0.15, -0.1) is 0 Å². The Bertz CT molecular complexity index is 869. The quantitative estimate of drug-likeness (QED) is 0.422. The highest BCUT2D eigenvalue weighted by Gasteiger charge is 2.18. The Morgan fingerprint density at radius 3 is 2.32 bits per heavy atom. The van der Waals surface area contributed by atoms with Crippen LogP contribution < -0.4 is 15.4 Å². The van der Waals surface area contributed by atoms with Gasteiger partial charge in [-0.05, 0) is 55.3 Å². The van der Waals surface area contributed by atoms with Crippen LogP contribution in [0.2, 0.25) is 0 Å². The van der Waals surface area contributed by atoms with Crippen molar-refractivity contribution in [1.29, 1.82) is 0 Å². The fourth-order valence-electron chi connectivity index (χ4n) is 2.52. The van der Waals surface area contributed by atoms with E-state index in [0.717, 1.165) is 12.8 Å². The van der Waals surface area contributed by atoms with Gasteiger partial charge in [0.05, 0.1) is 6.61 Å². The molecule has 1 unspecified atom stereocenters. The van der Waals surface area contributed by atoms with Crippen LogP contribution in [0.5, 0.6) is 5.75 Å². The molecule has 0 aliphatic carbocycles. The first-order chi connectivity index (χ1) is 14.9. The van der Waals surface area contributed by atoms with Gasteiger partial charge in [0, 0.05) is 12.1 Å². The molecule has 1 atom stereocenters. The summed E-state index contributed by atoms with van der Waals surface area (Å²) < 4.78 is 23.5. The molecule has 0 fully saturated rings. The summed E-state index contributed by atoms with van der Waals surface area (Å²) in [5.74, 6) is -1.37. The maximum Gasteiger partial charge on any atom is 0.326 e. The van der Waals surface area contributed by atoms with E-state index in [4.69, 9.17) is 9.47 Å². The van der Waals surface area contributed by atoms with Crippen molar-refractivity contribution in [3.05, 3.63) is 65.5 Å². The third-order valence-corrected chi connectivity index (χ3v) is 4.33. The number of ether oxygens (including phenoxy) is 2. The lowest BCUT2D eigenvalue weighted by Gasteiger charge is -2.14. The Balaban J connectivity index is 1.71. The van der Waals surface area contributed by atoms with Gasteiger partial charge in [-0.2, -0.15) is 0 Å². The number of halogens is 1. The van der Waals surface area contributed by atoms with Crippen molar-refractivity contribution in [1.82, 2.24) is 10.6 Å². The predicted molar refractivity (Wildman–Crippen MR) is 113 cm³/mol. The van der Waals surface area contributed by atoms with Gasteiger partial charge in [0.2, 0.25) is 0 Å². The van der Waals surface area contributed by atoms with Crippen molar-refractivity contribution >= 4 is 17.8 Å². The Morgan fingerprint density at radius 1 is 1.00 bits per heavy atom. The molecule has 7 nitrogen and oxygen atoms in total. The number of carbonyl (C=O) groups is 3. The summed E-state index contributed by atoms with van der Waals surface area (Å²) in [6.07, 6.45) is 0.947. The highest BCUT2D eigenvalue weighted by Crippen LogP contribution is 2.12. The molecule has 2 N–H and O–H groups in total. The van der Waals surface area contributed by atoms with Gasteiger partial charge in [-0.1, -0.05) is 25.5 Å². The van der Waals surface area contributed by atoms with Crippen LogP contribution in [0.3, 0.4) is 0 Å². The molecule has 0 bridgehead atoms. The van der Waals surface area contributed by atoms with Crippen LogP contribution in [0.25, 0.3) is 0 Å². The van der Waals surface area contributed by atoms with Crippen molar-refractivity contribution in [2.24, 2.45) is 0 Å². The molecule has 0 aliphatic heterocycles. The molecule has 0 saturated heterocycles. The predicted octanol–water partition coefficient (Wildman–Crippen LogP) is 2.98. The summed E-state index contributed by atoms with van der Waals surface area (Å²) in [7, 11) is 0. The summed E-state index contributed by atoms with van der Waals surface area (Å²) >= 11 is 0. The van der Waals surface area contributed by atoms with E-state index in [1.54, 1.807) is 36.4 Å². The molecule has 166 valence electrons. The summed E-state index contributed by atoms with van der Waals surface area (Å²) in [4.78, 5) is 36.1. The zero-order valence-electron chi connectivity index (χ0n) is 17.7. The van der Waals surface area contributed by atoms with Gasteiger partial charge in [0.15, 0.2) is 6.10 Å². The van der Waals surface area contributed by atoms with Crippen LogP contribution in [-0.2, 0) is 20.9 Å². The van der Waals surface area contributed by atoms with Crippen LogP contribution in [0, 0.1) is 5.82 Å². The maximum absolute atomic E-state index is 12.9. The normalized spacial score (nSPS) is 11.3. The van der Waals surface area contributed by atoms with Crippen molar-refractivity contribution in [2.45, 2.75) is 39.3 Å². The van der Waals surface area contributed by atoms with E-state index in [1.807, 2.05) is 0 Å². The Kier molecular flexibility index (Phi) is 9.48. The van der Waals surface area contributed by atoms with Crippen LogP contribution in [0.15, 0.2) is 48.5 Å². The van der Waals surface area contributed by atoms with Crippen molar-refractivity contribution in [3.8, 4) is 5.75 Å². The summed E-state index contributed by atoms with van der Waals surface area (Å²) in [6, 6.07) is 12.3. The Morgan fingerprint density at radius 2 is 1.68 bits per heavy atom. The zero-order chi connectivity index (χ0) is 22.6. The fraction of sp³-hybridized carbons (Fsp3) is 0.348. The second-order valence-electron chi connectivity index (χ2n) is 6.89. The van der Waals surface area contributed by atoms with E-state index in [9.17, 15) is 18.8 Å². The second kappa shape index (κ2) is 12.3.